The Hall–Kier alpha value is -4.25. The minimum atomic E-state index is -4.12. The maximum Gasteiger partial charge on any atom is 0.270 e. The standard InChI is InChI=1S/C23H22N4O6S/c1-17(18-9-8-10-19(15-18)27(29)30)24-25-23(28)16-26(21-13-6-7-14-22(21)33-2)34(31,32)20-11-4-3-5-12-20/h3-15H,16H2,1-2H3,(H,25,28)/b24-17-. The van der Waals surface area contributed by atoms with Crippen molar-refractivity contribution in [3.8, 4) is 5.75 Å². The molecule has 0 aromatic heterocycles. The van der Waals surface area contributed by atoms with E-state index in [1.807, 2.05) is 0 Å². The summed E-state index contributed by atoms with van der Waals surface area (Å²) in [6.45, 7) is 0.987. The van der Waals surface area contributed by atoms with Gasteiger partial charge in [0.15, 0.2) is 0 Å². The van der Waals surface area contributed by atoms with Crippen LogP contribution in [-0.4, -0.2) is 38.6 Å². The van der Waals surface area contributed by atoms with E-state index in [1.54, 1.807) is 49.4 Å². The Kier molecular flexibility index (Phi) is 7.59. The monoisotopic (exact) mass is 482 g/mol. The van der Waals surface area contributed by atoms with Crippen LogP contribution in [-0.2, 0) is 14.8 Å². The Morgan fingerprint density at radius 1 is 1.06 bits per heavy atom. The smallest absolute Gasteiger partial charge is 0.270 e. The van der Waals surface area contributed by atoms with E-state index in [1.165, 1.54) is 43.5 Å². The van der Waals surface area contributed by atoms with E-state index in [2.05, 4.69) is 10.5 Å². The Bertz CT molecular complexity index is 1330. The Morgan fingerprint density at radius 2 is 1.74 bits per heavy atom. The Balaban J connectivity index is 1.89. The molecular weight excluding hydrogens is 460 g/mol. The van der Waals surface area contributed by atoms with Crippen molar-refractivity contribution in [2.45, 2.75) is 11.8 Å². The van der Waals surface area contributed by atoms with Gasteiger partial charge < -0.3 is 4.74 Å². The summed E-state index contributed by atoms with van der Waals surface area (Å²) in [4.78, 5) is 23.2. The second-order valence-corrected chi connectivity index (χ2v) is 8.90. The molecule has 0 saturated heterocycles. The first kappa shape index (κ1) is 24.4. The first-order valence-electron chi connectivity index (χ1n) is 10.0. The summed E-state index contributed by atoms with van der Waals surface area (Å²) in [5.41, 5.74) is 3.14. The third-order valence-electron chi connectivity index (χ3n) is 4.80. The topological polar surface area (TPSA) is 131 Å². The van der Waals surface area contributed by atoms with Crippen molar-refractivity contribution >= 4 is 33.0 Å². The number of sulfonamides is 1. The van der Waals surface area contributed by atoms with Gasteiger partial charge in [-0.2, -0.15) is 5.10 Å². The SMILES string of the molecule is COc1ccccc1N(CC(=O)N/N=C(/C)c1cccc([N+](=O)[O-])c1)S(=O)(=O)c1ccccc1. The van der Waals surface area contributed by atoms with Gasteiger partial charge >= 0.3 is 0 Å². The number of anilines is 1. The van der Waals surface area contributed by atoms with Crippen LogP contribution in [0.25, 0.3) is 0 Å². The van der Waals surface area contributed by atoms with Crippen molar-refractivity contribution in [2.75, 3.05) is 18.0 Å². The van der Waals surface area contributed by atoms with E-state index in [0.717, 1.165) is 4.31 Å². The lowest BCUT2D eigenvalue weighted by molar-refractivity contribution is -0.384. The van der Waals surface area contributed by atoms with Gasteiger partial charge in [-0.3, -0.25) is 19.2 Å². The molecule has 0 saturated carbocycles. The fourth-order valence-corrected chi connectivity index (χ4v) is 4.53. The van der Waals surface area contributed by atoms with Gasteiger partial charge in [-0.25, -0.2) is 13.8 Å². The van der Waals surface area contributed by atoms with Crippen LogP contribution in [0.2, 0.25) is 0 Å². The number of carbonyl (C=O) groups is 1. The van der Waals surface area contributed by atoms with Crippen LogP contribution < -0.4 is 14.5 Å². The highest BCUT2D eigenvalue weighted by molar-refractivity contribution is 7.92. The first-order chi connectivity index (χ1) is 16.2. The van der Waals surface area contributed by atoms with Gasteiger partial charge in [0.25, 0.3) is 21.6 Å². The average molecular weight is 483 g/mol. The van der Waals surface area contributed by atoms with Crippen molar-refractivity contribution in [3.63, 3.8) is 0 Å². The normalized spacial score (nSPS) is 11.5. The molecule has 0 spiro atoms. The van der Waals surface area contributed by atoms with Crippen molar-refractivity contribution in [3.05, 3.63) is 94.5 Å². The number of hydrogen-bond acceptors (Lipinski definition) is 7. The van der Waals surface area contributed by atoms with Gasteiger partial charge in [-0.1, -0.05) is 42.5 Å². The van der Waals surface area contributed by atoms with E-state index in [-0.39, 0.29) is 22.0 Å². The predicted octanol–water partition coefficient (Wildman–Crippen LogP) is 3.34. The maximum absolute atomic E-state index is 13.4. The number of nitro benzene ring substituents is 1. The molecule has 0 aliphatic heterocycles. The second-order valence-electron chi connectivity index (χ2n) is 7.04. The van der Waals surface area contributed by atoms with Crippen LogP contribution >= 0.6 is 0 Å². The zero-order valence-electron chi connectivity index (χ0n) is 18.4. The number of nitrogens with zero attached hydrogens (tertiary/aromatic N) is 3. The fraction of sp³-hybridized carbons (Fsp3) is 0.130. The van der Waals surface area contributed by atoms with E-state index in [9.17, 15) is 23.3 Å². The molecule has 3 rings (SSSR count). The van der Waals surface area contributed by atoms with Crippen molar-refractivity contribution in [1.82, 2.24) is 5.43 Å². The largest absolute Gasteiger partial charge is 0.495 e. The highest BCUT2D eigenvalue weighted by atomic mass is 32.2. The number of rotatable bonds is 9. The average Bonchev–Trinajstić information content (AvgIpc) is 2.86. The zero-order chi connectivity index (χ0) is 24.7. The molecule has 11 heteroatoms. The number of ether oxygens (including phenoxy) is 1. The van der Waals surface area contributed by atoms with Crippen LogP contribution in [0.5, 0.6) is 5.75 Å². The van der Waals surface area contributed by atoms with Gasteiger partial charge in [0.1, 0.15) is 12.3 Å². The number of hydrazone groups is 1. The van der Waals surface area contributed by atoms with Crippen molar-refractivity contribution < 1.29 is 22.9 Å². The number of para-hydroxylation sites is 2. The molecule has 176 valence electrons. The number of nitro groups is 1. The number of hydrogen-bond donors (Lipinski definition) is 1. The lowest BCUT2D eigenvalue weighted by Crippen LogP contribution is -2.40. The van der Waals surface area contributed by atoms with E-state index < -0.39 is 27.4 Å². The molecule has 0 fully saturated rings. The molecule has 0 aliphatic rings. The molecule has 1 N–H and O–H groups in total. The van der Waals surface area contributed by atoms with Crippen LogP contribution in [0, 0.1) is 10.1 Å². The molecule has 0 aliphatic carbocycles. The third kappa shape index (κ3) is 5.56. The van der Waals surface area contributed by atoms with E-state index >= 15 is 0 Å². The molecule has 3 aromatic carbocycles. The number of amides is 1. The summed E-state index contributed by atoms with van der Waals surface area (Å²) < 4.78 is 33.0. The highest BCUT2D eigenvalue weighted by Gasteiger charge is 2.29. The zero-order valence-corrected chi connectivity index (χ0v) is 19.2. The Labute approximate surface area is 196 Å². The molecule has 0 bridgehead atoms. The molecule has 3 aromatic rings. The van der Waals surface area contributed by atoms with Crippen LogP contribution in [0.3, 0.4) is 0 Å². The summed E-state index contributed by atoms with van der Waals surface area (Å²) in [5.74, 6) is -0.443. The fourth-order valence-electron chi connectivity index (χ4n) is 3.08. The minimum absolute atomic E-state index is 0.00461. The van der Waals surface area contributed by atoms with Gasteiger partial charge in [-0.15, -0.1) is 0 Å². The molecule has 34 heavy (non-hydrogen) atoms. The summed E-state index contributed by atoms with van der Waals surface area (Å²) in [6, 6.07) is 19.9. The lowest BCUT2D eigenvalue weighted by Gasteiger charge is -2.25. The summed E-state index contributed by atoms with van der Waals surface area (Å²) in [7, 11) is -2.72. The molecule has 0 atom stereocenters. The van der Waals surface area contributed by atoms with Gasteiger partial charge in [0.05, 0.1) is 28.3 Å². The van der Waals surface area contributed by atoms with Gasteiger partial charge in [-0.05, 0) is 31.2 Å². The maximum atomic E-state index is 13.4. The molecular formula is C23H22N4O6S. The number of nitrogens with one attached hydrogen (secondary N) is 1. The number of methoxy groups -OCH3 is 1. The van der Waals surface area contributed by atoms with Crippen molar-refractivity contribution in [1.29, 1.82) is 0 Å². The lowest BCUT2D eigenvalue weighted by atomic mass is 10.1. The van der Waals surface area contributed by atoms with Crippen LogP contribution in [0.1, 0.15) is 12.5 Å². The van der Waals surface area contributed by atoms with Gasteiger partial charge in [0, 0.05) is 17.7 Å². The summed E-state index contributed by atoms with van der Waals surface area (Å²) in [5, 5.41) is 15.0. The number of benzene rings is 3. The molecule has 10 nitrogen and oxygen atoms in total. The first-order valence-corrected chi connectivity index (χ1v) is 11.5. The molecule has 0 heterocycles. The number of carbonyl (C=O) groups excluding carboxylic acids is 1. The molecule has 0 radical (unpaired) electrons. The molecule has 1 amide bonds. The van der Waals surface area contributed by atoms with E-state index in [4.69, 9.17) is 4.74 Å². The Morgan fingerprint density at radius 3 is 2.41 bits per heavy atom. The van der Waals surface area contributed by atoms with Crippen LogP contribution in [0.15, 0.2) is 88.9 Å². The number of non-ortho nitro benzene ring substituents is 1. The molecule has 0 unspecified atom stereocenters. The van der Waals surface area contributed by atoms with Crippen LogP contribution in [0.4, 0.5) is 11.4 Å². The minimum Gasteiger partial charge on any atom is -0.495 e. The summed E-state index contributed by atoms with van der Waals surface area (Å²) in [6.07, 6.45) is 0. The predicted molar refractivity (Wildman–Crippen MR) is 127 cm³/mol. The van der Waals surface area contributed by atoms with Gasteiger partial charge in [0.2, 0.25) is 0 Å². The quantitative estimate of drug-likeness (QED) is 0.283. The summed E-state index contributed by atoms with van der Waals surface area (Å²) >= 11 is 0. The second kappa shape index (κ2) is 10.6. The van der Waals surface area contributed by atoms with Crippen molar-refractivity contribution in [2.24, 2.45) is 5.10 Å². The van der Waals surface area contributed by atoms with E-state index in [0.29, 0.717) is 11.3 Å². The highest BCUT2D eigenvalue weighted by Crippen LogP contribution is 2.32. The third-order valence-corrected chi connectivity index (χ3v) is 6.57.